The lowest BCUT2D eigenvalue weighted by Gasteiger charge is -2.10. The number of pyridine rings is 1. The van der Waals surface area contributed by atoms with E-state index in [0.29, 0.717) is 5.02 Å². The van der Waals surface area contributed by atoms with Crippen molar-refractivity contribution in [2.24, 2.45) is 0 Å². The summed E-state index contributed by atoms with van der Waals surface area (Å²) in [6.45, 7) is 3.82. The Morgan fingerprint density at radius 3 is 2.94 bits per heavy atom. The molecule has 2 rings (SSSR count). The summed E-state index contributed by atoms with van der Waals surface area (Å²) in [6.07, 6.45) is 3.44. The first-order chi connectivity index (χ1) is 7.77. The standard InChI is InChI=1S/C12H11ClN2S/c1-3-8-11(10-5-4-6-16-10)9(13)7-15-12(8)14-2/h3-7H,1H2,2H3,(H,14,15). The molecule has 1 N–H and O–H groups in total. The summed E-state index contributed by atoms with van der Waals surface area (Å²) in [5.74, 6) is 0.794. The van der Waals surface area contributed by atoms with Gasteiger partial charge in [0.15, 0.2) is 0 Å². The molecule has 0 saturated carbocycles. The average molecular weight is 251 g/mol. The Morgan fingerprint density at radius 2 is 2.38 bits per heavy atom. The largest absolute Gasteiger partial charge is 0.373 e. The molecule has 0 aliphatic carbocycles. The highest BCUT2D eigenvalue weighted by molar-refractivity contribution is 7.13. The Morgan fingerprint density at radius 1 is 1.56 bits per heavy atom. The molecule has 0 fully saturated rings. The summed E-state index contributed by atoms with van der Waals surface area (Å²) in [7, 11) is 1.83. The van der Waals surface area contributed by atoms with E-state index < -0.39 is 0 Å². The van der Waals surface area contributed by atoms with Gasteiger partial charge in [-0.1, -0.05) is 30.3 Å². The Hall–Kier alpha value is -1.32. The molecular weight excluding hydrogens is 240 g/mol. The van der Waals surface area contributed by atoms with E-state index in [4.69, 9.17) is 11.6 Å². The normalized spacial score (nSPS) is 10.1. The van der Waals surface area contributed by atoms with Crippen molar-refractivity contribution in [2.45, 2.75) is 0 Å². The lowest BCUT2D eigenvalue weighted by Crippen LogP contribution is -1.97. The van der Waals surface area contributed by atoms with Gasteiger partial charge in [0.1, 0.15) is 5.82 Å². The minimum Gasteiger partial charge on any atom is -0.373 e. The third kappa shape index (κ3) is 1.84. The Bertz CT molecular complexity index is 506. The molecule has 0 amide bonds. The maximum Gasteiger partial charge on any atom is 0.133 e. The zero-order valence-electron chi connectivity index (χ0n) is 8.83. The highest BCUT2D eigenvalue weighted by Crippen LogP contribution is 2.37. The van der Waals surface area contributed by atoms with E-state index in [2.05, 4.69) is 16.9 Å². The van der Waals surface area contributed by atoms with Gasteiger partial charge in [0.05, 0.1) is 5.02 Å². The van der Waals surface area contributed by atoms with E-state index in [-0.39, 0.29) is 0 Å². The monoisotopic (exact) mass is 250 g/mol. The van der Waals surface area contributed by atoms with Crippen molar-refractivity contribution in [1.29, 1.82) is 0 Å². The predicted octanol–water partition coefficient (Wildman–Crippen LogP) is 4.15. The molecule has 0 atom stereocenters. The minimum absolute atomic E-state index is 0.649. The molecule has 16 heavy (non-hydrogen) atoms. The van der Waals surface area contributed by atoms with Crippen molar-refractivity contribution in [3.05, 3.63) is 40.9 Å². The second-order valence-electron chi connectivity index (χ2n) is 3.17. The molecule has 0 aliphatic heterocycles. The lowest BCUT2D eigenvalue weighted by molar-refractivity contribution is 1.28. The minimum atomic E-state index is 0.649. The number of halogens is 1. The van der Waals surface area contributed by atoms with E-state index in [1.807, 2.05) is 24.6 Å². The van der Waals surface area contributed by atoms with Crippen LogP contribution >= 0.6 is 22.9 Å². The number of anilines is 1. The van der Waals surface area contributed by atoms with Crippen LogP contribution in [0.25, 0.3) is 16.5 Å². The van der Waals surface area contributed by atoms with E-state index in [9.17, 15) is 0 Å². The number of rotatable bonds is 3. The Kier molecular flexibility index (Phi) is 3.27. The predicted molar refractivity (Wildman–Crippen MR) is 72.2 cm³/mol. The number of hydrogen-bond donors (Lipinski definition) is 1. The van der Waals surface area contributed by atoms with Gasteiger partial charge in [0.25, 0.3) is 0 Å². The number of hydrogen-bond acceptors (Lipinski definition) is 3. The summed E-state index contributed by atoms with van der Waals surface area (Å²) in [5.41, 5.74) is 1.93. The second-order valence-corrected chi connectivity index (χ2v) is 4.53. The fraction of sp³-hybridized carbons (Fsp3) is 0.0833. The van der Waals surface area contributed by atoms with Crippen molar-refractivity contribution in [3.8, 4) is 10.4 Å². The molecular formula is C12H11ClN2S. The van der Waals surface area contributed by atoms with Crippen LogP contribution in [0.3, 0.4) is 0 Å². The van der Waals surface area contributed by atoms with Crippen LogP contribution in [0.1, 0.15) is 5.56 Å². The maximum atomic E-state index is 6.20. The fourth-order valence-corrected chi connectivity index (χ4v) is 2.68. The number of nitrogens with one attached hydrogen (secondary N) is 1. The first-order valence-electron chi connectivity index (χ1n) is 4.80. The summed E-state index contributed by atoms with van der Waals surface area (Å²) in [4.78, 5) is 5.35. The third-order valence-electron chi connectivity index (χ3n) is 2.28. The van der Waals surface area contributed by atoms with Crippen molar-refractivity contribution < 1.29 is 0 Å². The lowest BCUT2D eigenvalue weighted by atomic mass is 10.1. The van der Waals surface area contributed by atoms with Crippen LogP contribution < -0.4 is 5.32 Å². The van der Waals surface area contributed by atoms with Gasteiger partial charge in [-0.3, -0.25) is 0 Å². The van der Waals surface area contributed by atoms with Crippen molar-refractivity contribution >= 4 is 34.8 Å². The van der Waals surface area contributed by atoms with Crippen molar-refractivity contribution in [3.63, 3.8) is 0 Å². The molecule has 0 aromatic carbocycles. The quantitative estimate of drug-likeness (QED) is 0.885. The van der Waals surface area contributed by atoms with Crippen molar-refractivity contribution in [2.75, 3.05) is 12.4 Å². The summed E-state index contributed by atoms with van der Waals surface area (Å²) < 4.78 is 0. The zero-order valence-corrected chi connectivity index (χ0v) is 10.4. The van der Waals surface area contributed by atoms with Crippen LogP contribution in [0.4, 0.5) is 5.82 Å². The van der Waals surface area contributed by atoms with Crippen LogP contribution in [-0.2, 0) is 0 Å². The van der Waals surface area contributed by atoms with Gasteiger partial charge in [-0.25, -0.2) is 4.98 Å². The van der Waals surface area contributed by atoms with Gasteiger partial charge in [-0.15, -0.1) is 11.3 Å². The smallest absolute Gasteiger partial charge is 0.133 e. The molecule has 0 radical (unpaired) electrons. The van der Waals surface area contributed by atoms with Crippen LogP contribution in [-0.4, -0.2) is 12.0 Å². The van der Waals surface area contributed by atoms with Crippen LogP contribution in [0.15, 0.2) is 30.3 Å². The molecule has 2 aromatic rings. The van der Waals surface area contributed by atoms with Crippen molar-refractivity contribution in [1.82, 2.24) is 4.98 Å². The molecule has 0 bridgehead atoms. The van der Waals surface area contributed by atoms with Gasteiger partial charge < -0.3 is 5.32 Å². The summed E-state index contributed by atoms with van der Waals surface area (Å²) in [6, 6.07) is 4.04. The van der Waals surface area contributed by atoms with Gasteiger partial charge >= 0.3 is 0 Å². The Labute approximate surface area is 104 Å². The van der Waals surface area contributed by atoms with Gasteiger partial charge in [-0.2, -0.15) is 0 Å². The maximum absolute atomic E-state index is 6.20. The van der Waals surface area contributed by atoms with E-state index in [1.165, 1.54) is 0 Å². The molecule has 4 heteroatoms. The van der Waals surface area contributed by atoms with E-state index >= 15 is 0 Å². The Balaban J connectivity index is 2.71. The van der Waals surface area contributed by atoms with Gasteiger partial charge in [-0.05, 0) is 11.4 Å². The molecule has 2 aromatic heterocycles. The average Bonchev–Trinajstić information content (AvgIpc) is 2.81. The molecule has 0 saturated heterocycles. The first-order valence-corrected chi connectivity index (χ1v) is 6.06. The van der Waals surface area contributed by atoms with E-state index in [0.717, 1.165) is 21.8 Å². The highest BCUT2D eigenvalue weighted by atomic mass is 35.5. The van der Waals surface area contributed by atoms with Crippen LogP contribution in [0.5, 0.6) is 0 Å². The molecule has 82 valence electrons. The van der Waals surface area contributed by atoms with E-state index in [1.54, 1.807) is 23.6 Å². The first kappa shape index (κ1) is 11.2. The highest BCUT2D eigenvalue weighted by Gasteiger charge is 2.13. The number of thiophene rings is 1. The summed E-state index contributed by atoms with van der Waals surface area (Å²) in [5, 5.41) is 5.71. The zero-order chi connectivity index (χ0) is 11.5. The third-order valence-corrected chi connectivity index (χ3v) is 3.45. The molecule has 2 nitrogen and oxygen atoms in total. The summed E-state index contributed by atoms with van der Waals surface area (Å²) >= 11 is 7.85. The van der Waals surface area contributed by atoms with Gasteiger partial charge in [0.2, 0.25) is 0 Å². The SMILES string of the molecule is C=Cc1c(NC)ncc(Cl)c1-c1cccs1. The van der Waals surface area contributed by atoms with Crippen LogP contribution in [0.2, 0.25) is 5.02 Å². The molecule has 0 unspecified atom stereocenters. The number of aromatic nitrogens is 1. The fourth-order valence-electron chi connectivity index (χ4n) is 1.57. The second kappa shape index (κ2) is 4.68. The number of nitrogens with zero attached hydrogens (tertiary/aromatic N) is 1. The topological polar surface area (TPSA) is 24.9 Å². The molecule has 2 heterocycles. The van der Waals surface area contributed by atoms with Gasteiger partial charge in [0, 0.05) is 29.2 Å². The molecule has 0 aliphatic rings. The van der Waals surface area contributed by atoms with Crippen LogP contribution in [0, 0.1) is 0 Å². The molecule has 0 spiro atoms.